The predicted octanol–water partition coefficient (Wildman–Crippen LogP) is 2.44. The summed E-state index contributed by atoms with van der Waals surface area (Å²) in [6.07, 6.45) is 4.18. The maximum Gasteiger partial charge on any atom is 0.250 e. The highest BCUT2D eigenvalue weighted by Crippen LogP contribution is 2.28. The van der Waals surface area contributed by atoms with Gasteiger partial charge in [0, 0.05) is 11.9 Å². The van der Waals surface area contributed by atoms with Crippen molar-refractivity contribution in [3.8, 4) is 11.3 Å². The molecule has 1 aliphatic rings. The van der Waals surface area contributed by atoms with Gasteiger partial charge in [0.2, 0.25) is 5.91 Å². The Hall–Kier alpha value is -2.14. The van der Waals surface area contributed by atoms with Crippen molar-refractivity contribution in [3.63, 3.8) is 0 Å². The summed E-state index contributed by atoms with van der Waals surface area (Å²) in [5.74, 6) is 0.566. The molecule has 104 valence electrons. The van der Waals surface area contributed by atoms with E-state index in [4.69, 9.17) is 4.74 Å². The molecule has 5 nitrogen and oxygen atoms in total. The van der Waals surface area contributed by atoms with Crippen LogP contribution in [0, 0.1) is 5.92 Å². The van der Waals surface area contributed by atoms with E-state index in [0.29, 0.717) is 12.5 Å². The minimum absolute atomic E-state index is 0.111. The molecular weight excluding hydrogens is 254 g/mol. The van der Waals surface area contributed by atoms with E-state index in [1.54, 1.807) is 6.20 Å². The molecule has 0 unspecified atom stereocenters. The Kier molecular flexibility index (Phi) is 3.78. The van der Waals surface area contributed by atoms with E-state index in [1.165, 1.54) is 12.8 Å². The number of carbonyl (C=O) groups is 1. The van der Waals surface area contributed by atoms with Gasteiger partial charge in [-0.1, -0.05) is 12.1 Å². The monoisotopic (exact) mass is 271 g/mol. The Morgan fingerprint density at radius 1 is 1.30 bits per heavy atom. The number of ether oxygens (including phenoxy) is 1. The summed E-state index contributed by atoms with van der Waals surface area (Å²) < 4.78 is 5.35. The third kappa shape index (κ3) is 3.45. The molecule has 1 fully saturated rings. The third-order valence-corrected chi connectivity index (χ3v) is 3.26. The van der Waals surface area contributed by atoms with Crippen molar-refractivity contribution in [2.75, 3.05) is 18.5 Å². The van der Waals surface area contributed by atoms with Gasteiger partial charge in [0.15, 0.2) is 0 Å². The SMILES string of the molecule is O=C(COCC1CC1)Nc1ccc(-c2ccn[nH]2)cc1. The van der Waals surface area contributed by atoms with Gasteiger partial charge in [-0.2, -0.15) is 5.10 Å². The van der Waals surface area contributed by atoms with Gasteiger partial charge >= 0.3 is 0 Å². The maximum atomic E-state index is 11.7. The summed E-state index contributed by atoms with van der Waals surface area (Å²) in [4.78, 5) is 11.7. The van der Waals surface area contributed by atoms with Crippen molar-refractivity contribution in [1.82, 2.24) is 10.2 Å². The molecule has 1 heterocycles. The molecule has 1 saturated carbocycles. The van der Waals surface area contributed by atoms with E-state index in [9.17, 15) is 4.79 Å². The fourth-order valence-electron chi connectivity index (χ4n) is 1.95. The number of hydrogen-bond acceptors (Lipinski definition) is 3. The summed E-state index contributed by atoms with van der Waals surface area (Å²) in [5, 5.41) is 9.63. The van der Waals surface area contributed by atoms with Gasteiger partial charge in [-0.25, -0.2) is 0 Å². The van der Waals surface area contributed by atoms with Crippen molar-refractivity contribution in [1.29, 1.82) is 0 Å². The third-order valence-electron chi connectivity index (χ3n) is 3.26. The van der Waals surface area contributed by atoms with E-state index < -0.39 is 0 Å². The fourth-order valence-corrected chi connectivity index (χ4v) is 1.95. The molecule has 5 heteroatoms. The van der Waals surface area contributed by atoms with Crippen LogP contribution >= 0.6 is 0 Å². The molecule has 1 aromatic heterocycles. The second-order valence-electron chi connectivity index (χ2n) is 5.05. The molecule has 2 N–H and O–H groups in total. The number of nitrogens with one attached hydrogen (secondary N) is 2. The summed E-state index contributed by atoms with van der Waals surface area (Å²) in [5.41, 5.74) is 2.76. The van der Waals surface area contributed by atoms with Gasteiger partial charge in [0.1, 0.15) is 6.61 Å². The highest BCUT2D eigenvalue weighted by Gasteiger charge is 2.21. The number of nitrogens with zero attached hydrogens (tertiary/aromatic N) is 1. The zero-order valence-corrected chi connectivity index (χ0v) is 11.1. The van der Waals surface area contributed by atoms with Crippen LogP contribution in [0.1, 0.15) is 12.8 Å². The number of hydrogen-bond donors (Lipinski definition) is 2. The molecule has 2 aromatic rings. The summed E-state index contributed by atoms with van der Waals surface area (Å²) in [6, 6.07) is 9.52. The Bertz CT molecular complexity index is 559. The first-order valence-corrected chi connectivity index (χ1v) is 6.78. The normalized spacial score (nSPS) is 14.2. The lowest BCUT2D eigenvalue weighted by Crippen LogP contribution is -2.18. The topological polar surface area (TPSA) is 67.0 Å². The quantitative estimate of drug-likeness (QED) is 0.848. The molecule has 1 amide bonds. The highest BCUT2D eigenvalue weighted by molar-refractivity contribution is 5.91. The van der Waals surface area contributed by atoms with Gasteiger partial charge in [0.05, 0.1) is 12.3 Å². The zero-order valence-electron chi connectivity index (χ0n) is 11.1. The van der Waals surface area contributed by atoms with Crippen LogP contribution in [-0.2, 0) is 9.53 Å². The molecule has 0 bridgehead atoms. The Morgan fingerprint density at radius 2 is 2.10 bits per heavy atom. The smallest absolute Gasteiger partial charge is 0.250 e. The summed E-state index contributed by atoms with van der Waals surface area (Å²) in [6.45, 7) is 0.824. The van der Waals surface area contributed by atoms with Crippen LogP contribution in [-0.4, -0.2) is 29.3 Å². The first-order valence-electron chi connectivity index (χ1n) is 6.78. The van der Waals surface area contributed by atoms with Crippen molar-refractivity contribution < 1.29 is 9.53 Å². The molecule has 0 radical (unpaired) electrons. The number of aromatic nitrogens is 2. The molecule has 1 aromatic carbocycles. The molecule has 1 aliphatic carbocycles. The lowest BCUT2D eigenvalue weighted by Gasteiger charge is -2.06. The largest absolute Gasteiger partial charge is 0.371 e. The summed E-state index contributed by atoms with van der Waals surface area (Å²) >= 11 is 0. The molecular formula is C15H17N3O2. The average molecular weight is 271 g/mol. The first-order chi connectivity index (χ1) is 9.81. The number of benzene rings is 1. The molecule has 3 rings (SSSR count). The Balaban J connectivity index is 1.50. The van der Waals surface area contributed by atoms with Crippen LogP contribution in [0.15, 0.2) is 36.5 Å². The molecule has 0 aliphatic heterocycles. The van der Waals surface area contributed by atoms with Gasteiger partial charge in [-0.05, 0) is 42.5 Å². The van der Waals surface area contributed by atoms with Crippen LogP contribution in [0.3, 0.4) is 0 Å². The highest BCUT2D eigenvalue weighted by atomic mass is 16.5. The minimum atomic E-state index is -0.111. The number of carbonyl (C=O) groups excluding carboxylic acids is 1. The first kappa shape index (κ1) is 12.9. The van der Waals surface area contributed by atoms with Crippen LogP contribution in [0.5, 0.6) is 0 Å². The minimum Gasteiger partial charge on any atom is -0.371 e. The number of anilines is 1. The van der Waals surface area contributed by atoms with E-state index in [1.807, 2.05) is 30.3 Å². The van der Waals surface area contributed by atoms with Crippen LogP contribution < -0.4 is 5.32 Å². The van der Waals surface area contributed by atoms with Gasteiger partial charge in [-0.3, -0.25) is 9.89 Å². The number of rotatable bonds is 6. The number of aromatic amines is 1. The second kappa shape index (κ2) is 5.88. The molecule has 0 saturated heterocycles. The zero-order chi connectivity index (χ0) is 13.8. The maximum absolute atomic E-state index is 11.7. The van der Waals surface area contributed by atoms with Crippen molar-refractivity contribution in [3.05, 3.63) is 36.5 Å². The van der Waals surface area contributed by atoms with E-state index >= 15 is 0 Å². The Labute approximate surface area is 117 Å². The lowest BCUT2D eigenvalue weighted by molar-refractivity contribution is -0.120. The number of H-pyrrole nitrogens is 1. The van der Waals surface area contributed by atoms with Gasteiger partial charge in [0.25, 0.3) is 0 Å². The fraction of sp³-hybridized carbons (Fsp3) is 0.333. The van der Waals surface area contributed by atoms with Crippen molar-refractivity contribution >= 4 is 11.6 Å². The van der Waals surface area contributed by atoms with E-state index in [-0.39, 0.29) is 12.5 Å². The lowest BCUT2D eigenvalue weighted by atomic mass is 10.1. The average Bonchev–Trinajstić information content (AvgIpc) is 3.11. The van der Waals surface area contributed by atoms with Gasteiger partial charge < -0.3 is 10.1 Å². The molecule has 0 atom stereocenters. The molecule has 20 heavy (non-hydrogen) atoms. The standard InChI is InChI=1S/C15H17N3O2/c19-15(10-20-9-11-1-2-11)17-13-5-3-12(4-6-13)14-7-8-16-18-14/h3-8,11H,1-2,9-10H2,(H,16,18)(H,17,19). The summed E-state index contributed by atoms with van der Waals surface area (Å²) in [7, 11) is 0. The van der Waals surface area contributed by atoms with Crippen molar-refractivity contribution in [2.24, 2.45) is 5.92 Å². The second-order valence-corrected chi connectivity index (χ2v) is 5.05. The Morgan fingerprint density at radius 3 is 2.75 bits per heavy atom. The van der Waals surface area contributed by atoms with E-state index in [0.717, 1.165) is 16.9 Å². The van der Waals surface area contributed by atoms with Crippen molar-refractivity contribution in [2.45, 2.75) is 12.8 Å². The van der Waals surface area contributed by atoms with Gasteiger partial charge in [-0.15, -0.1) is 0 Å². The number of amides is 1. The van der Waals surface area contributed by atoms with E-state index in [2.05, 4.69) is 15.5 Å². The molecule has 0 spiro atoms. The van der Waals surface area contributed by atoms with Crippen LogP contribution in [0.25, 0.3) is 11.3 Å². The van der Waals surface area contributed by atoms with Crippen LogP contribution in [0.4, 0.5) is 5.69 Å². The predicted molar refractivity (Wildman–Crippen MR) is 76.2 cm³/mol. The van der Waals surface area contributed by atoms with Crippen LogP contribution in [0.2, 0.25) is 0 Å².